The van der Waals surface area contributed by atoms with Crippen LogP contribution in [0.15, 0.2) is 71.9 Å². The van der Waals surface area contributed by atoms with Gasteiger partial charge in [0.15, 0.2) is 0 Å². The van der Waals surface area contributed by atoms with Gasteiger partial charge in [0, 0.05) is 18.9 Å². The lowest BCUT2D eigenvalue weighted by Gasteiger charge is -2.23. The fraction of sp³-hybridized carbons (Fsp3) is 0.292. The second-order valence-electron chi connectivity index (χ2n) is 8.67. The normalized spacial score (nSPS) is 11.6. The second kappa shape index (κ2) is 11.4. The number of hydrogen-bond donors (Lipinski definition) is 2. The quantitative estimate of drug-likeness (QED) is 0.451. The molecule has 0 radical (unpaired) electrons. The van der Waals surface area contributed by atoms with Crippen LogP contribution < -0.4 is 5.32 Å². The molecule has 10 heteroatoms. The molecule has 0 spiro atoms. The minimum absolute atomic E-state index is 0. The maximum absolute atomic E-state index is 13.4. The van der Waals surface area contributed by atoms with Gasteiger partial charge in [0.05, 0.1) is 12.2 Å². The number of halogens is 1. The van der Waals surface area contributed by atoms with Crippen molar-refractivity contribution in [3.63, 3.8) is 0 Å². The van der Waals surface area contributed by atoms with Crippen LogP contribution in [0.2, 0.25) is 0 Å². The summed E-state index contributed by atoms with van der Waals surface area (Å²) >= 11 is 0. The van der Waals surface area contributed by atoms with Gasteiger partial charge in [-0.25, -0.2) is 13.4 Å². The van der Waals surface area contributed by atoms with Crippen LogP contribution in [0.25, 0.3) is 0 Å². The number of aliphatic carboxylic acids is 1. The van der Waals surface area contributed by atoms with Crippen molar-refractivity contribution in [2.24, 2.45) is 0 Å². The first-order valence-corrected chi connectivity index (χ1v) is 11.9. The number of nitrogens with zero attached hydrogens (tertiary/aromatic N) is 3. The number of hydrogen-bond acceptors (Lipinski definition) is 6. The van der Waals surface area contributed by atoms with Crippen LogP contribution in [0.5, 0.6) is 0 Å². The van der Waals surface area contributed by atoms with Gasteiger partial charge in [0.25, 0.3) is 0 Å². The summed E-state index contributed by atoms with van der Waals surface area (Å²) in [5.74, 6) is -0.648. The highest BCUT2D eigenvalue weighted by Gasteiger charge is 2.26. The molecule has 0 amide bonds. The zero-order valence-corrected chi connectivity index (χ0v) is 20.9. The molecule has 3 rings (SSSR count). The largest absolute Gasteiger partial charge is 0.480 e. The third-order valence-corrected chi connectivity index (χ3v) is 6.79. The van der Waals surface area contributed by atoms with Gasteiger partial charge in [-0.1, -0.05) is 51.1 Å². The molecule has 1 aromatic carbocycles. The third kappa shape index (κ3) is 7.24. The van der Waals surface area contributed by atoms with Gasteiger partial charge in [0.2, 0.25) is 10.0 Å². The average Bonchev–Trinajstić information content (AvgIpc) is 2.78. The molecule has 0 aliphatic heterocycles. The van der Waals surface area contributed by atoms with Crippen LogP contribution in [-0.4, -0.2) is 40.3 Å². The van der Waals surface area contributed by atoms with Crippen molar-refractivity contribution in [3.05, 3.63) is 83.8 Å². The Kier molecular flexibility index (Phi) is 9.14. The highest BCUT2D eigenvalue weighted by molar-refractivity contribution is 7.89. The summed E-state index contributed by atoms with van der Waals surface area (Å²) < 4.78 is 28.2. The average molecular weight is 505 g/mol. The summed E-state index contributed by atoms with van der Waals surface area (Å²) in [4.78, 5) is 19.3. The summed E-state index contributed by atoms with van der Waals surface area (Å²) in [5.41, 5.74) is 2.49. The van der Waals surface area contributed by atoms with Crippen molar-refractivity contribution in [1.82, 2.24) is 14.3 Å². The van der Waals surface area contributed by atoms with E-state index in [1.54, 1.807) is 24.3 Å². The molecule has 0 fully saturated rings. The van der Waals surface area contributed by atoms with E-state index < -0.39 is 16.0 Å². The van der Waals surface area contributed by atoms with Crippen molar-refractivity contribution in [2.75, 3.05) is 11.9 Å². The molecule has 182 valence electrons. The first-order valence-electron chi connectivity index (χ1n) is 10.5. The topological polar surface area (TPSA) is 112 Å². The van der Waals surface area contributed by atoms with Gasteiger partial charge < -0.3 is 10.4 Å². The molecule has 2 N–H and O–H groups in total. The van der Waals surface area contributed by atoms with Crippen molar-refractivity contribution in [2.45, 2.75) is 44.2 Å². The number of nitrogens with one attached hydrogen (secondary N) is 1. The Morgan fingerprint density at radius 1 is 1.03 bits per heavy atom. The van der Waals surface area contributed by atoms with E-state index in [2.05, 4.69) is 36.1 Å². The fourth-order valence-corrected chi connectivity index (χ4v) is 4.57. The van der Waals surface area contributed by atoms with Crippen molar-refractivity contribution in [1.29, 1.82) is 0 Å². The molecular weight excluding hydrogens is 476 g/mol. The monoisotopic (exact) mass is 504 g/mol. The highest BCUT2D eigenvalue weighted by Crippen LogP contribution is 2.24. The Bertz CT molecular complexity index is 1200. The van der Waals surface area contributed by atoms with Gasteiger partial charge in [-0.15, -0.1) is 12.4 Å². The molecule has 2 aromatic heterocycles. The van der Waals surface area contributed by atoms with E-state index in [-0.39, 0.29) is 42.4 Å². The summed E-state index contributed by atoms with van der Waals surface area (Å²) in [6.45, 7) is 6.25. The number of carbonyl (C=O) groups is 1. The van der Waals surface area contributed by atoms with E-state index in [1.165, 1.54) is 22.8 Å². The molecule has 0 saturated heterocycles. The van der Waals surface area contributed by atoms with E-state index in [0.717, 1.165) is 11.1 Å². The zero-order chi connectivity index (χ0) is 24.1. The van der Waals surface area contributed by atoms with Crippen molar-refractivity contribution >= 4 is 34.2 Å². The maximum Gasteiger partial charge on any atom is 0.322 e. The Morgan fingerprint density at radius 3 is 2.32 bits per heavy atom. The zero-order valence-electron chi connectivity index (χ0n) is 19.3. The van der Waals surface area contributed by atoms with Gasteiger partial charge in [-0.2, -0.15) is 4.31 Å². The van der Waals surface area contributed by atoms with Gasteiger partial charge >= 0.3 is 5.97 Å². The van der Waals surface area contributed by atoms with E-state index in [1.807, 2.05) is 24.3 Å². The number of aromatic nitrogens is 2. The standard InChI is InChI=1S/C24H28N4O4S.ClH/c1-24(2,3)19-11-9-18(10-12-19)16-28(33(31,32)21-7-5-13-25-14-21)17-20-6-4-8-22(27-20)26-15-23(29)30;/h4-14H,15-17H2,1-3H3,(H,26,27)(H,29,30);1H. The van der Waals surface area contributed by atoms with Crippen LogP contribution in [0, 0.1) is 0 Å². The lowest BCUT2D eigenvalue weighted by Crippen LogP contribution is -2.31. The van der Waals surface area contributed by atoms with Gasteiger partial charge in [-0.05, 0) is 40.8 Å². The summed E-state index contributed by atoms with van der Waals surface area (Å²) in [6, 6.07) is 16.0. The van der Waals surface area contributed by atoms with Gasteiger partial charge in [-0.3, -0.25) is 9.78 Å². The second-order valence-corrected chi connectivity index (χ2v) is 10.6. The number of benzene rings is 1. The Labute approximate surface area is 206 Å². The first kappa shape index (κ1) is 27.2. The summed E-state index contributed by atoms with van der Waals surface area (Å²) in [5, 5.41) is 11.6. The predicted molar refractivity (Wildman–Crippen MR) is 133 cm³/mol. The molecule has 3 aromatic rings. The number of carboxylic acids is 1. The molecular formula is C24H29ClN4O4S. The van der Waals surface area contributed by atoms with E-state index in [0.29, 0.717) is 11.5 Å². The molecule has 34 heavy (non-hydrogen) atoms. The van der Waals surface area contributed by atoms with E-state index in [4.69, 9.17) is 5.11 Å². The highest BCUT2D eigenvalue weighted by atomic mass is 35.5. The molecule has 0 aliphatic rings. The fourth-order valence-electron chi connectivity index (χ4n) is 3.20. The number of anilines is 1. The lowest BCUT2D eigenvalue weighted by atomic mass is 9.87. The molecule has 2 heterocycles. The molecule has 0 atom stereocenters. The van der Waals surface area contributed by atoms with E-state index in [9.17, 15) is 13.2 Å². The summed E-state index contributed by atoms with van der Waals surface area (Å²) in [6.07, 6.45) is 2.84. The molecule has 0 bridgehead atoms. The Balaban J connectivity index is 0.00000408. The smallest absolute Gasteiger partial charge is 0.322 e. The number of sulfonamides is 1. The van der Waals surface area contributed by atoms with Crippen LogP contribution in [0.1, 0.15) is 37.6 Å². The first-order chi connectivity index (χ1) is 15.6. The van der Waals surface area contributed by atoms with Crippen LogP contribution in [0.3, 0.4) is 0 Å². The van der Waals surface area contributed by atoms with Crippen molar-refractivity contribution < 1.29 is 18.3 Å². The van der Waals surface area contributed by atoms with Crippen molar-refractivity contribution in [3.8, 4) is 0 Å². The third-order valence-electron chi connectivity index (χ3n) is 5.02. The predicted octanol–water partition coefficient (Wildman–Crippen LogP) is 4.08. The number of carboxylic acid groups (broad SMARTS) is 1. The molecule has 8 nitrogen and oxygen atoms in total. The van der Waals surface area contributed by atoms with E-state index >= 15 is 0 Å². The summed E-state index contributed by atoms with van der Waals surface area (Å²) in [7, 11) is -3.86. The lowest BCUT2D eigenvalue weighted by molar-refractivity contribution is -0.134. The SMILES string of the molecule is CC(C)(C)c1ccc(CN(Cc2cccc(NCC(=O)O)n2)S(=O)(=O)c2cccnc2)cc1.Cl. The van der Waals surface area contributed by atoms with Gasteiger partial charge in [0.1, 0.15) is 17.3 Å². The molecule has 0 saturated carbocycles. The Morgan fingerprint density at radius 2 is 1.74 bits per heavy atom. The van der Waals surface area contributed by atoms with Crippen LogP contribution in [0.4, 0.5) is 5.82 Å². The number of pyridine rings is 2. The van der Waals surface area contributed by atoms with Crippen LogP contribution in [-0.2, 0) is 33.3 Å². The molecule has 0 aliphatic carbocycles. The maximum atomic E-state index is 13.4. The van der Waals surface area contributed by atoms with Crippen LogP contribution >= 0.6 is 12.4 Å². The minimum atomic E-state index is -3.86. The molecule has 0 unspecified atom stereocenters. The minimum Gasteiger partial charge on any atom is -0.480 e. The Hall–Kier alpha value is -3.01. The number of rotatable bonds is 9.